The van der Waals surface area contributed by atoms with Crippen LogP contribution in [0.15, 0.2) is 4.34 Å². The molecule has 1 unspecified atom stereocenters. The lowest BCUT2D eigenvalue weighted by atomic mass is 10.4. The molecule has 1 saturated heterocycles. The summed E-state index contributed by atoms with van der Waals surface area (Å²) < 4.78 is 0.855. The fourth-order valence-corrected chi connectivity index (χ4v) is 3.42. The number of carbonyl (C=O) groups excluding carboxylic acids is 1. The Morgan fingerprint density at radius 3 is 2.93 bits per heavy atom. The Balaban J connectivity index is 2.00. The minimum absolute atomic E-state index is 0.0210. The smallest absolute Gasteiger partial charge is 0.235 e. The molecule has 0 bridgehead atoms. The molecular weight excluding hydrogens is 232 g/mol. The first-order valence-electron chi connectivity index (χ1n) is 4.63. The third-order valence-corrected chi connectivity index (χ3v) is 4.52. The van der Waals surface area contributed by atoms with Crippen LogP contribution in [0.2, 0.25) is 0 Å². The monoisotopic (exact) mass is 244 g/mol. The highest BCUT2D eigenvalue weighted by atomic mass is 32.2. The van der Waals surface area contributed by atoms with E-state index < -0.39 is 0 Å². The summed E-state index contributed by atoms with van der Waals surface area (Å²) in [5, 5.41) is 11.7. The minimum Gasteiger partial charge on any atom is -0.363 e. The first-order chi connectivity index (χ1) is 7.20. The Morgan fingerprint density at radius 1 is 1.60 bits per heavy atom. The summed E-state index contributed by atoms with van der Waals surface area (Å²) >= 11 is 2.99. The molecule has 2 heterocycles. The van der Waals surface area contributed by atoms with Crippen molar-refractivity contribution in [1.82, 2.24) is 15.1 Å². The summed E-state index contributed by atoms with van der Waals surface area (Å²) in [7, 11) is 3.64. The van der Waals surface area contributed by atoms with Gasteiger partial charge in [-0.05, 0) is 6.42 Å². The molecule has 0 spiro atoms. The Morgan fingerprint density at radius 2 is 2.40 bits per heavy atom. The van der Waals surface area contributed by atoms with Gasteiger partial charge < -0.3 is 10.2 Å². The molecule has 5 nitrogen and oxygen atoms in total. The van der Waals surface area contributed by atoms with E-state index in [1.165, 1.54) is 23.1 Å². The van der Waals surface area contributed by atoms with Crippen LogP contribution < -0.4 is 5.32 Å². The van der Waals surface area contributed by atoms with Crippen molar-refractivity contribution in [3.8, 4) is 0 Å². The van der Waals surface area contributed by atoms with Crippen LogP contribution in [0.1, 0.15) is 6.42 Å². The molecule has 15 heavy (non-hydrogen) atoms. The van der Waals surface area contributed by atoms with E-state index in [0.717, 1.165) is 22.4 Å². The van der Waals surface area contributed by atoms with Crippen LogP contribution in [-0.2, 0) is 4.79 Å². The topological polar surface area (TPSA) is 58.1 Å². The van der Waals surface area contributed by atoms with Crippen molar-refractivity contribution < 1.29 is 4.79 Å². The van der Waals surface area contributed by atoms with Crippen molar-refractivity contribution in [2.24, 2.45) is 0 Å². The highest BCUT2D eigenvalue weighted by Gasteiger charge is 2.30. The van der Waals surface area contributed by atoms with Gasteiger partial charge in [0.05, 0.1) is 5.25 Å². The molecule has 0 saturated carbocycles. The Kier molecular flexibility index (Phi) is 3.11. The van der Waals surface area contributed by atoms with Crippen LogP contribution in [0.25, 0.3) is 0 Å². The number of amides is 1. The van der Waals surface area contributed by atoms with Gasteiger partial charge in [0.2, 0.25) is 11.0 Å². The van der Waals surface area contributed by atoms with E-state index in [1.54, 1.807) is 4.90 Å². The summed E-state index contributed by atoms with van der Waals surface area (Å²) in [4.78, 5) is 13.4. The molecule has 1 aliphatic heterocycles. The normalized spacial score (nSPS) is 21.1. The van der Waals surface area contributed by atoms with Gasteiger partial charge in [0.1, 0.15) is 0 Å². The number of nitrogens with one attached hydrogen (secondary N) is 1. The molecule has 0 aromatic carbocycles. The van der Waals surface area contributed by atoms with E-state index in [0.29, 0.717) is 0 Å². The van der Waals surface area contributed by atoms with Gasteiger partial charge >= 0.3 is 0 Å². The number of likely N-dealkylation sites (tertiary alicyclic amines) is 1. The predicted molar refractivity (Wildman–Crippen MR) is 61.4 cm³/mol. The van der Waals surface area contributed by atoms with Crippen molar-refractivity contribution in [2.75, 3.05) is 26.0 Å². The first kappa shape index (κ1) is 10.7. The van der Waals surface area contributed by atoms with Gasteiger partial charge in [-0.25, -0.2) is 0 Å². The molecule has 1 aliphatic rings. The summed E-state index contributed by atoms with van der Waals surface area (Å²) in [6.07, 6.45) is 0.897. The van der Waals surface area contributed by atoms with E-state index in [1.807, 2.05) is 14.1 Å². The highest BCUT2D eigenvalue weighted by Crippen LogP contribution is 2.33. The third-order valence-electron chi connectivity index (χ3n) is 2.24. The number of carbonyl (C=O) groups is 1. The lowest BCUT2D eigenvalue weighted by molar-refractivity contribution is -0.126. The molecule has 1 atom stereocenters. The van der Waals surface area contributed by atoms with Crippen LogP contribution >= 0.6 is 23.1 Å². The van der Waals surface area contributed by atoms with Crippen molar-refractivity contribution in [3.63, 3.8) is 0 Å². The van der Waals surface area contributed by atoms with Gasteiger partial charge in [0.25, 0.3) is 0 Å². The Hall–Kier alpha value is -0.820. The summed E-state index contributed by atoms with van der Waals surface area (Å²) in [5.41, 5.74) is 0. The minimum atomic E-state index is 0.0210. The van der Waals surface area contributed by atoms with Gasteiger partial charge in [-0.3, -0.25) is 4.79 Å². The standard InChI is InChI=1S/C8H12N4OS2/c1-9-7-10-11-8(15-7)14-5-3-4-12(2)6(5)13/h5H,3-4H2,1-2H3,(H,9,10). The maximum atomic E-state index is 11.6. The lowest BCUT2D eigenvalue weighted by Gasteiger charge is -2.07. The van der Waals surface area contributed by atoms with Crippen molar-refractivity contribution >= 4 is 34.1 Å². The SMILES string of the molecule is CNc1nnc(SC2CCN(C)C2=O)s1. The number of hydrogen-bond donors (Lipinski definition) is 1. The number of thioether (sulfide) groups is 1. The third kappa shape index (κ3) is 2.23. The van der Waals surface area contributed by atoms with Crippen LogP contribution in [0.5, 0.6) is 0 Å². The molecule has 1 N–H and O–H groups in total. The molecule has 1 amide bonds. The van der Waals surface area contributed by atoms with Crippen molar-refractivity contribution in [1.29, 1.82) is 0 Å². The molecule has 0 radical (unpaired) electrons. The number of nitrogens with zero attached hydrogens (tertiary/aromatic N) is 3. The lowest BCUT2D eigenvalue weighted by Crippen LogP contribution is -2.23. The maximum Gasteiger partial charge on any atom is 0.235 e. The van der Waals surface area contributed by atoms with Crippen LogP contribution in [-0.4, -0.2) is 46.9 Å². The Labute approximate surface area is 96.3 Å². The van der Waals surface area contributed by atoms with Gasteiger partial charge in [-0.15, -0.1) is 10.2 Å². The van der Waals surface area contributed by atoms with E-state index in [2.05, 4.69) is 15.5 Å². The van der Waals surface area contributed by atoms with Crippen LogP contribution in [0, 0.1) is 0 Å². The van der Waals surface area contributed by atoms with Crippen LogP contribution in [0.3, 0.4) is 0 Å². The fourth-order valence-electron chi connectivity index (χ4n) is 1.38. The van der Waals surface area contributed by atoms with Crippen molar-refractivity contribution in [3.05, 3.63) is 0 Å². The van der Waals surface area contributed by atoms with Gasteiger partial charge in [-0.2, -0.15) is 0 Å². The van der Waals surface area contributed by atoms with E-state index in [4.69, 9.17) is 0 Å². The zero-order valence-corrected chi connectivity index (χ0v) is 10.2. The van der Waals surface area contributed by atoms with E-state index in [-0.39, 0.29) is 11.2 Å². The molecule has 0 aliphatic carbocycles. The number of anilines is 1. The largest absolute Gasteiger partial charge is 0.363 e. The predicted octanol–water partition coefficient (Wildman–Crippen LogP) is 0.903. The summed E-state index contributed by atoms with van der Waals surface area (Å²) in [6.45, 7) is 0.841. The quantitative estimate of drug-likeness (QED) is 0.856. The molecule has 2 rings (SSSR count). The molecule has 1 aromatic heterocycles. The average Bonchev–Trinajstić information content (AvgIpc) is 2.80. The second kappa shape index (κ2) is 4.36. The number of rotatable bonds is 3. The number of aromatic nitrogens is 2. The molecule has 1 fully saturated rings. The van der Waals surface area contributed by atoms with Gasteiger partial charge in [0.15, 0.2) is 4.34 Å². The van der Waals surface area contributed by atoms with E-state index in [9.17, 15) is 4.79 Å². The maximum absolute atomic E-state index is 11.6. The molecular formula is C8H12N4OS2. The van der Waals surface area contributed by atoms with Gasteiger partial charge in [0, 0.05) is 20.6 Å². The average molecular weight is 244 g/mol. The summed E-state index contributed by atoms with van der Waals surface area (Å²) in [6, 6.07) is 0. The number of hydrogen-bond acceptors (Lipinski definition) is 6. The van der Waals surface area contributed by atoms with Gasteiger partial charge in [-0.1, -0.05) is 23.1 Å². The Bertz CT molecular complexity index is 367. The molecule has 82 valence electrons. The zero-order chi connectivity index (χ0) is 10.8. The molecule has 7 heteroatoms. The highest BCUT2D eigenvalue weighted by molar-refractivity contribution is 8.02. The second-order valence-electron chi connectivity index (χ2n) is 3.28. The zero-order valence-electron chi connectivity index (χ0n) is 8.56. The molecule has 1 aromatic rings. The fraction of sp³-hybridized carbons (Fsp3) is 0.625. The van der Waals surface area contributed by atoms with Crippen LogP contribution in [0.4, 0.5) is 5.13 Å². The van der Waals surface area contributed by atoms with E-state index >= 15 is 0 Å². The second-order valence-corrected chi connectivity index (χ2v) is 5.71. The first-order valence-corrected chi connectivity index (χ1v) is 6.33. The summed E-state index contributed by atoms with van der Waals surface area (Å²) in [5.74, 6) is 0.196. The van der Waals surface area contributed by atoms with Crippen molar-refractivity contribution in [2.45, 2.75) is 16.0 Å².